The maximum absolute atomic E-state index is 10.3. The Morgan fingerprint density at radius 1 is 0.767 bits per heavy atom. The molecule has 0 radical (unpaired) electrons. The van der Waals surface area contributed by atoms with E-state index in [0.717, 1.165) is 11.1 Å². The summed E-state index contributed by atoms with van der Waals surface area (Å²) in [5.41, 5.74) is 0.685. The summed E-state index contributed by atoms with van der Waals surface area (Å²) in [4.78, 5) is 16.6. The first-order valence-electron chi connectivity index (χ1n) is 9.01. The molecule has 0 saturated heterocycles. The van der Waals surface area contributed by atoms with E-state index in [4.69, 9.17) is 25.1 Å². The molecule has 7 N–H and O–H groups in total. The molecule has 0 amide bonds. The van der Waals surface area contributed by atoms with Gasteiger partial charge in [0.05, 0.1) is 31.8 Å². The van der Waals surface area contributed by atoms with Gasteiger partial charge in [-0.15, -0.1) is 0 Å². The fraction of sp³-hybridized carbons (Fsp3) is 0.400. The molecule has 0 aliphatic heterocycles. The van der Waals surface area contributed by atoms with Crippen LogP contribution in [0.25, 0.3) is 0 Å². The van der Waals surface area contributed by atoms with Crippen LogP contribution in [-0.4, -0.2) is 61.7 Å². The van der Waals surface area contributed by atoms with Crippen LogP contribution in [0.5, 0.6) is 11.5 Å². The van der Waals surface area contributed by atoms with E-state index >= 15 is 0 Å². The van der Waals surface area contributed by atoms with Gasteiger partial charge in [-0.1, -0.05) is 38.1 Å². The second kappa shape index (κ2) is 10.9. The number of hydrogen-bond acceptors (Lipinski definition) is 7. The Bertz CT molecular complexity index is 753. The number of phenols is 2. The second-order valence-corrected chi connectivity index (χ2v) is 8.70. The normalized spacial score (nSPS) is 12.2. The summed E-state index contributed by atoms with van der Waals surface area (Å²) in [7, 11) is -4.64. The van der Waals surface area contributed by atoms with Gasteiger partial charge in [0, 0.05) is 5.41 Å². The van der Waals surface area contributed by atoms with Crippen LogP contribution in [0.15, 0.2) is 48.5 Å². The van der Waals surface area contributed by atoms with E-state index in [0.29, 0.717) is 0 Å². The number of hydrogen-bond donors (Lipinski definition) is 7. The maximum Gasteiger partial charge on any atom is 0.469 e. The molecule has 0 aliphatic rings. The topological polar surface area (TPSA) is 168 Å². The Balaban J connectivity index is 0.000000314. The van der Waals surface area contributed by atoms with Crippen molar-refractivity contribution < 1.29 is 44.4 Å². The zero-order chi connectivity index (χ0) is 23.0. The van der Waals surface area contributed by atoms with E-state index < -0.39 is 39.7 Å². The largest absolute Gasteiger partial charge is 0.508 e. The molecule has 0 atom stereocenters. The van der Waals surface area contributed by atoms with Gasteiger partial charge in [-0.3, -0.25) is 4.52 Å². The van der Waals surface area contributed by atoms with Crippen LogP contribution in [0.3, 0.4) is 0 Å². The number of rotatable bonds is 8. The fourth-order valence-corrected chi connectivity index (χ4v) is 2.87. The summed E-state index contributed by atoms with van der Waals surface area (Å²) in [5, 5.41) is 44.8. The number of aliphatic hydroxyl groups is 3. The van der Waals surface area contributed by atoms with Crippen LogP contribution in [0.4, 0.5) is 0 Å². The number of aliphatic hydroxyl groups excluding tert-OH is 3. The quantitative estimate of drug-likeness (QED) is 0.298. The number of phosphoric acid groups is 1. The van der Waals surface area contributed by atoms with Gasteiger partial charge in [-0.2, -0.15) is 0 Å². The van der Waals surface area contributed by atoms with Gasteiger partial charge in [0.2, 0.25) is 0 Å². The molecule has 2 rings (SSSR count). The van der Waals surface area contributed by atoms with Gasteiger partial charge in [-0.25, -0.2) is 4.57 Å². The van der Waals surface area contributed by atoms with E-state index in [1.807, 2.05) is 24.3 Å². The van der Waals surface area contributed by atoms with Crippen molar-refractivity contribution in [2.24, 2.45) is 5.41 Å². The van der Waals surface area contributed by atoms with Crippen molar-refractivity contribution in [3.8, 4) is 11.5 Å². The molecule has 0 saturated carbocycles. The molecule has 168 valence electrons. The SMILES string of the molecule is CC(C)(c1ccc(O)cc1)c1ccc(O)cc1.O=P(O)(O)OCC(CO)(CO)CO. The Labute approximate surface area is 175 Å². The molecule has 2 aromatic rings. The van der Waals surface area contributed by atoms with Crippen LogP contribution in [-0.2, 0) is 14.5 Å². The highest BCUT2D eigenvalue weighted by Crippen LogP contribution is 2.38. The lowest BCUT2D eigenvalue weighted by Crippen LogP contribution is -2.38. The molecule has 2 aromatic carbocycles. The highest BCUT2D eigenvalue weighted by molar-refractivity contribution is 7.46. The van der Waals surface area contributed by atoms with Crippen molar-refractivity contribution in [1.29, 1.82) is 0 Å². The van der Waals surface area contributed by atoms with Crippen LogP contribution < -0.4 is 0 Å². The predicted molar refractivity (Wildman–Crippen MR) is 110 cm³/mol. The summed E-state index contributed by atoms with van der Waals surface area (Å²) >= 11 is 0. The Morgan fingerprint density at radius 3 is 1.37 bits per heavy atom. The first kappa shape index (κ1) is 26.1. The zero-order valence-corrected chi connectivity index (χ0v) is 17.7. The molecule has 0 heterocycles. The van der Waals surface area contributed by atoms with E-state index in [2.05, 4.69) is 18.4 Å². The molecule has 0 aliphatic carbocycles. The molecule has 0 fully saturated rings. The van der Waals surface area contributed by atoms with Crippen molar-refractivity contribution in [1.82, 2.24) is 0 Å². The Hall–Kier alpha value is -1.97. The molecule has 30 heavy (non-hydrogen) atoms. The minimum atomic E-state index is -4.64. The smallest absolute Gasteiger partial charge is 0.469 e. The minimum Gasteiger partial charge on any atom is -0.508 e. The van der Waals surface area contributed by atoms with Crippen molar-refractivity contribution in [3.05, 3.63) is 59.7 Å². The summed E-state index contributed by atoms with van der Waals surface area (Å²) in [5.74, 6) is 0.547. The van der Waals surface area contributed by atoms with Gasteiger partial charge in [0.1, 0.15) is 11.5 Å². The van der Waals surface area contributed by atoms with Crippen LogP contribution in [0, 0.1) is 5.41 Å². The summed E-state index contributed by atoms with van der Waals surface area (Å²) in [6.45, 7) is 1.75. The number of aromatic hydroxyl groups is 2. The highest BCUT2D eigenvalue weighted by Gasteiger charge is 2.31. The summed E-state index contributed by atoms with van der Waals surface area (Å²) in [6, 6.07) is 14.4. The van der Waals surface area contributed by atoms with Crippen molar-refractivity contribution >= 4 is 7.82 Å². The van der Waals surface area contributed by atoms with E-state index in [1.165, 1.54) is 0 Å². The van der Waals surface area contributed by atoms with Gasteiger partial charge < -0.3 is 35.3 Å². The Kier molecular flexibility index (Phi) is 9.45. The zero-order valence-electron chi connectivity index (χ0n) is 16.8. The first-order chi connectivity index (χ1) is 13.9. The molecule has 0 spiro atoms. The molecule has 9 nitrogen and oxygen atoms in total. The second-order valence-electron chi connectivity index (χ2n) is 7.46. The average molecular weight is 444 g/mol. The average Bonchev–Trinajstić information content (AvgIpc) is 2.70. The number of phosphoric ester groups is 1. The molecular formula is C20H29O9P. The third kappa shape index (κ3) is 7.70. The molecule has 0 aromatic heterocycles. The third-order valence-electron chi connectivity index (χ3n) is 4.72. The van der Waals surface area contributed by atoms with Gasteiger partial charge in [-0.05, 0) is 35.4 Å². The maximum atomic E-state index is 10.3. The minimum absolute atomic E-state index is 0.151. The lowest BCUT2D eigenvalue weighted by molar-refractivity contribution is -0.0318. The van der Waals surface area contributed by atoms with Crippen molar-refractivity contribution in [3.63, 3.8) is 0 Å². The van der Waals surface area contributed by atoms with E-state index in [-0.39, 0.29) is 16.9 Å². The summed E-state index contributed by atoms with van der Waals surface area (Å²) < 4.78 is 14.3. The molecular weight excluding hydrogens is 415 g/mol. The Morgan fingerprint density at radius 2 is 1.10 bits per heavy atom. The molecule has 0 bridgehead atoms. The van der Waals surface area contributed by atoms with Crippen LogP contribution >= 0.6 is 7.82 Å². The third-order valence-corrected chi connectivity index (χ3v) is 5.19. The predicted octanol–water partition coefficient (Wildman–Crippen LogP) is 1.48. The fourth-order valence-electron chi connectivity index (χ4n) is 2.43. The monoisotopic (exact) mass is 444 g/mol. The highest BCUT2D eigenvalue weighted by atomic mass is 31.2. The number of phenolic OH excluding ortho intramolecular Hbond substituents is 2. The lowest BCUT2D eigenvalue weighted by atomic mass is 9.78. The lowest BCUT2D eigenvalue weighted by Gasteiger charge is -2.26. The standard InChI is InChI=1S/C15H16O2.C5H13O7P/c1-15(2,11-3-7-13(16)8-4-11)12-5-9-14(17)10-6-12;6-1-5(2-7,3-8)4-12-13(9,10)11/h3-10,16-17H,1-2H3;6-8H,1-4H2,(H2,9,10,11). The first-order valence-corrected chi connectivity index (χ1v) is 10.5. The molecule has 0 unspecified atom stereocenters. The number of benzene rings is 2. The van der Waals surface area contributed by atoms with Gasteiger partial charge >= 0.3 is 7.82 Å². The van der Waals surface area contributed by atoms with Crippen LogP contribution in [0.2, 0.25) is 0 Å². The van der Waals surface area contributed by atoms with Crippen molar-refractivity contribution in [2.45, 2.75) is 19.3 Å². The van der Waals surface area contributed by atoms with E-state index in [1.54, 1.807) is 24.3 Å². The van der Waals surface area contributed by atoms with Crippen molar-refractivity contribution in [2.75, 3.05) is 26.4 Å². The van der Waals surface area contributed by atoms with Gasteiger partial charge in [0.25, 0.3) is 0 Å². The van der Waals surface area contributed by atoms with Gasteiger partial charge in [0.15, 0.2) is 0 Å². The van der Waals surface area contributed by atoms with E-state index in [9.17, 15) is 14.8 Å². The van der Waals surface area contributed by atoms with Crippen LogP contribution in [0.1, 0.15) is 25.0 Å². The summed E-state index contributed by atoms with van der Waals surface area (Å²) in [6.07, 6.45) is 0. The molecule has 10 heteroatoms.